The largest absolute Gasteiger partial charge is 0.351 e. The van der Waals surface area contributed by atoms with Crippen LogP contribution >= 0.6 is 11.3 Å². The lowest BCUT2D eigenvalue weighted by atomic mass is 10.0. The average Bonchev–Trinajstić information content (AvgIpc) is 3.26. The molecule has 1 aliphatic rings. The summed E-state index contributed by atoms with van der Waals surface area (Å²) in [5.41, 5.74) is 0.356. The first-order chi connectivity index (χ1) is 14.0. The summed E-state index contributed by atoms with van der Waals surface area (Å²) in [4.78, 5) is 16.0. The molecule has 6 nitrogen and oxygen atoms in total. The minimum atomic E-state index is -3.67. The van der Waals surface area contributed by atoms with Crippen LogP contribution in [0.1, 0.15) is 47.8 Å². The van der Waals surface area contributed by atoms with Gasteiger partial charge >= 0.3 is 0 Å². The standard InChI is InChI=1S/C21H29N3O3S2/c1-2-18-8-3-4-12-24(18)13-11-22-21(25)17-7-5-10-20(15-17)29(26,27)23-16-19-9-6-14-28-19/h5-7,9-10,14-15,18,23H,2-4,8,11-13,16H2,1H3,(H,22,25). The summed E-state index contributed by atoms with van der Waals surface area (Å²) in [6.07, 6.45) is 4.85. The normalized spacial score (nSPS) is 17.9. The Morgan fingerprint density at radius 2 is 2.10 bits per heavy atom. The van der Waals surface area contributed by atoms with Crippen molar-refractivity contribution in [3.8, 4) is 0 Å². The minimum absolute atomic E-state index is 0.101. The number of nitrogens with one attached hydrogen (secondary N) is 2. The van der Waals surface area contributed by atoms with Gasteiger partial charge in [-0.3, -0.25) is 9.69 Å². The van der Waals surface area contributed by atoms with Crippen molar-refractivity contribution in [2.24, 2.45) is 0 Å². The molecule has 29 heavy (non-hydrogen) atoms. The van der Waals surface area contributed by atoms with E-state index in [1.54, 1.807) is 12.1 Å². The van der Waals surface area contributed by atoms with Gasteiger partial charge in [-0.05, 0) is 55.5 Å². The molecule has 1 amide bonds. The molecule has 2 N–H and O–H groups in total. The van der Waals surface area contributed by atoms with Crippen molar-refractivity contribution < 1.29 is 13.2 Å². The van der Waals surface area contributed by atoms with Crippen molar-refractivity contribution in [3.05, 3.63) is 52.2 Å². The fourth-order valence-electron chi connectivity index (χ4n) is 3.70. The number of hydrogen-bond donors (Lipinski definition) is 2. The van der Waals surface area contributed by atoms with Gasteiger partial charge in [-0.2, -0.15) is 0 Å². The monoisotopic (exact) mass is 435 g/mol. The van der Waals surface area contributed by atoms with E-state index < -0.39 is 10.0 Å². The highest BCUT2D eigenvalue weighted by molar-refractivity contribution is 7.89. The fraction of sp³-hybridized carbons (Fsp3) is 0.476. The van der Waals surface area contributed by atoms with Crippen LogP contribution in [0.15, 0.2) is 46.7 Å². The van der Waals surface area contributed by atoms with E-state index in [0.717, 1.165) is 24.4 Å². The van der Waals surface area contributed by atoms with Gasteiger partial charge in [0.15, 0.2) is 0 Å². The number of piperidine rings is 1. The van der Waals surface area contributed by atoms with Crippen LogP contribution in [0.25, 0.3) is 0 Å². The van der Waals surface area contributed by atoms with Crippen LogP contribution in [0.4, 0.5) is 0 Å². The summed E-state index contributed by atoms with van der Waals surface area (Å²) in [7, 11) is -3.67. The summed E-state index contributed by atoms with van der Waals surface area (Å²) >= 11 is 1.49. The summed E-state index contributed by atoms with van der Waals surface area (Å²) in [5.74, 6) is -0.245. The number of sulfonamides is 1. The molecule has 158 valence electrons. The number of thiophene rings is 1. The Bertz CT molecular complexity index is 898. The summed E-state index contributed by atoms with van der Waals surface area (Å²) in [5, 5.41) is 4.83. The van der Waals surface area contributed by atoms with Crippen LogP contribution in [0.2, 0.25) is 0 Å². The molecule has 1 atom stereocenters. The molecule has 3 rings (SSSR count). The van der Waals surface area contributed by atoms with Crippen molar-refractivity contribution in [2.45, 2.75) is 50.1 Å². The van der Waals surface area contributed by atoms with Crippen molar-refractivity contribution >= 4 is 27.3 Å². The van der Waals surface area contributed by atoms with E-state index in [1.807, 2.05) is 17.5 Å². The third kappa shape index (κ3) is 6.12. The van der Waals surface area contributed by atoms with Gasteiger partial charge in [0.2, 0.25) is 10.0 Å². The quantitative estimate of drug-likeness (QED) is 0.634. The smallest absolute Gasteiger partial charge is 0.251 e. The average molecular weight is 436 g/mol. The maximum absolute atomic E-state index is 12.5. The number of likely N-dealkylation sites (tertiary alicyclic amines) is 1. The Kier molecular flexibility index (Phi) is 7.83. The van der Waals surface area contributed by atoms with E-state index in [2.05, 4.69) is 21.9 Å². The maximum Gasteiger partial charge on any atom is 0.251 e. The van der Waals surface area contributed by atoms with Crippen LogP contribution < -0.4 is 10.0 Å². The highest BCUT2D eigenvalue weighted by Gasteiger charge is 2.20. The van der Waals surface area contributed by atoms with E-state index in [-0.39, 0.29) is 17.3 Å². The van der Waals surface area contributed by atoms with Crippen molar-refractivity contribution in [1.29, 1.82) is 0 Å². The molecule has 1 unspecified atom stereocenters. The molecule has 2 aromatic rings. The summed E-state index contributed by atoms with van der Waals surface area (Å²) in [6, 6.07) is 10.5. The molecule has 1 aliphatic heterocycles. The van der Waals surface area contributed by atoms with E-state index in [9.17, 15) is 13.2 Å². The highest BCUT2D eigenvalue weighted by atomic mass is 32.2. The molecule has 2 heterocycles. The van der Waals surface area contributed by atoms with E-state index in [4.69, 9.17) is 0 Å². The van der Waals surface area contributed by atoms with Gasteiger partial charge in [0.05, 0.1) is 4.90 Å². The SMILES string of the molecule is CCC1CCCCN1CCNC(=O)c1cccc(S(=O)(=O)NCc2cccs2)c1. The molecule has 0 saturated carbocycles. The molecule has 1 aromatic heterocycles. The second-order valence-electron chi connectivity index (χ2n) is 7.28. The van der Waals surface area contributed by atoms with E-state index in [0.29, 0.717) is 18.2 Å². The van der Waals surface area contributed by atoms with Gasteiger partial charge in [0.25, 0.3) is 5.91 Å². The molecule has 0 bridgehead atoms. The van der Waals surface area contributed by atoms with Crippen LogP contribution in [0, 0.1) is 0 Å². The van der Waals surface area contributed by atoms with Crippen molar-refractivity contribution in [3.63, 3.8) is 0 Å². The Morgan fingerprint density at radius 1 is 1.24 bits per heavy atom. The number of rotatable bonds is 9. The van der Waals surface area contributed by atoms with Crippen LogP contribution in [0.5, 0.6) is 0 Å². The van der Waals surface area contributed by atoms with Gasteiger partial charge < -0.3 is 5.32 Å². The second kappa shape index (κ2) is 10.3. The predicted molar refractivity (Wildman–Crippen MR) is 117 cm³/mol. The second-order valence-corrected chi connectivity index (χ2v) is 10.1. The zero-order chi connectivity index (χ0) is 20.7. The van der Waals surface area contributed by atoms with Crippen LogP contribution in [-0.2, 0) is 16.6 Å². The van der Waals surface area contributed by atoms with Crippen LogP contribution in [0.3, 0.4) is 0 Å². The Labute approximate surface area is 177 Å². The first-order valence-corrected chi connectivity index (χ1v) is 12.5. The number of nitrogens with zero attached hydrogens (tertiary/aromatic N) is 1. The Hall–Kier alpha value is -1.74. The molecule has 1 aromatic carbocycles. The van der Waals surface area contributed by atoms with Gasteiger partial charge in [-0.25, -0.2) is 13.1 Å². The first-order valence-electron chi connectivity index (χ1n) is 10.1. The first kappa shape index (κ1) is 22.0. The lowest BCUT2D eigenvalue weighted by Gasteiger charge is -2.35. The van der Waals surface area contributed by atoms with Crippen molar-refractivity contribution in [1.82, 2.24) is 14.9 Å². The number of hydrogen-bond acceptors (Lipinski definition) is 5. The molecule has 1 saturated heterocycles. The topological polar surface area (TPSA) is 78.5 Å². The fourth-order valence-corrected chi connectivity index (χ4v) is 5.49. The van der Waals surface area contributed by atoms with Gasteiger partial charge in [-0.1, -0.05) is 25.5 Å². The molecule has 0 spiro atoms. The zero-order valence-corrected chi connectivity index (χ0v) is 18.4. The van der Waals surface area contributed by atoms with Crippen LogP contribution in [-0.4, -0.2) is 44.9 Å². The number of amides is 1. The maximum atomic E-state index is 12.5. The van der Waals surface area contributed by atoms with E-state index >= 15 is 0 Å². The number of carbonyl (C=O) groups is 1. The Balaban J connectivity index is 1.56. The highest BCUT2D eigenvalue weighted by Crippen LogP contribution is 2.18. The summed E-state index contributed by atoms with van der Waals surface area (Å²) in [6.45, 7) is 4.91. The molecule has 8 heteroatoms. The third-order valence-electron chi connectivity index (χ3n) is 5.33. The van der Waals surface area contributed by atoms with Gasteiger partial charge in [-0.15, -0.1) is 11.3 Å². The van der Waals surface area contributed by atoms with Gasteiger partial charge in [0.1, 0.15) is 0 Å². The van der Waals surface area contributed by atoms with Gasteiger partial charge in [0, 0.05) is 36.1 Å². The predicted octanol–water partition coefficient (Wildman–Crippen LogP) is 3.22. The molecule has 0 aliphatic carbocycles. The lowest BCUT2D eigenvalue weighted by Crippen LogP contribution is -2.43. The zero-order valence-electron chi connectivity index (χ0n) is 16.8. The molecule has 0 radical (unpaired) electrons. The Morgan fingerprint density at radius 3 is 2.86 bits per heavy atom. The third-order valence-corrected chi connectivity index (χ3v) is 7.60. The van der Waals surface area contributed by atoms with Crippen molar-refractivity contribution in [2.75, 3.05) is 19.6 Å². The molecular weight excluding hydrogens is 406 g/mol. The summed E-state index contributed by atoms with van der Waals surface area (Å²) < 4.78 is 27.7. The lowest BCUT2D eigenvalue weighted by molar-refractivity contribution is 0.0934. The molecule has 1 fully saturated rings. The van der Waals surface area contributed by atoms with E-state index in [1.165, 1.54) is 42.7 Å². The minimum Gasteiger partial charge on any atom is -0.351 e. The number of carbonyl (C=O) groups excluding carboxylic acids is 1. The molecular formula is C21H29N3O3S2. The number of benzene rings is 1.